The quantitative estimate of drug-likeness (QED) is 0.334. The van der Waals surface area contributed by atoms with Gasteiger partial charge >= 0.3 is 0 Å². The fraction of sp³-hybridized carbons (Fsp3) is 0.789. The van der Waals surface area contributed by atoms with Crippen molar-refractivity contribution in [1.82, 2.24) is 10.6 Å². The van der Waals surface area contributed by atoms with Crippen molar-refractivity contribution < 1.29 is 38.9 Å². The molecule has 2 bridgehead atoms. The van der Waals surface area contributed by atoms with Gasteiger partial charge in [0.15, 0.2) is 11.6 Å². The Kier molecular flexibility index (Phi) is 14.6. The lowest BCUT2D eigenvalue weighted by Gasteiger charge is -2.45. The lowest BCUT2D eigenvalue weighted by atomic mass is 9.77. The molecule has 1 aliphatic carbocycles. The third-order valence-electron chi connectivity index (χ3n) is 11.0. The van der Waals surface area contributed by atoms with Gasteiger partial charge in [-0.3, -0.25) is 19.2 Å². The van der Waals surface area contributed by atoms with E-state index < -0.39 is 41.3 Å². The Balaban J connectivity index is 1.88. The topological polar surface area (TPSA) is 151 Å². The molecule has 0 radical (unpaired) electrons. The summed E-state index contributed by atoms with van der Waals surface area (Å²) in [6.07, 6.45) is 8.92. The van der Waals surface area contributed by atoms with Crippen molar-refractivity contribution in [2.75, 3.05) is 13.7 Å². The molecule has 3 aliphatic rings. The largest absolute Gasteiger partial charge is 0.390 e. The van der Waals surface area contributed by atoms with Crippen LogP contribution in [-0.2, 0) is 28.7 Å². The number of hydrogen-bond acceptors (Lipinski definition) is 8. The van der Waals surface area contributed by atoms with Gasteiger partial charge in [-0.15, -0.1) is 0 Å². The molecule has 2 heterocycles. The first kappa shape index (κ1) is 40.0. The van der Waals surface area contributed by atoms with Gasteiger partial charge < -0.3 is 30.3 Å². The standard InChI is InChI=1S/C38H62N2O8/c1-23(2)32-34(43)29-15-10-9-14-28(19-29)33(42)24(3)13-11-12-17-37(6,46)18-16-27(25(4)36(45)39-22-31(41)40-32)20-30-21-38(7,47-8)35(44)26(5)48-30/h13,19,23,25-28,30,32,35,44,46H,9-12,14-18,20-22H2,1-8H3,(H,39,45)(H,40,41)/b24-13+/t25-,26+,27+,28-,30+,32+,35+,37-,38-/m1/s1. The summed E-state index contributed by atoms with van der Waals surface area (Å²) in [6.45, 7) is 12.6. The molecule has 48 heavy (non-hydrogen) atoms. The number of ether oxygens (including phenoxy) is 2. The Labute approximate surface area is 287 Å². The number of fused-ring (bicyclic) bond motifs is 1. The summed E-state index contributed by atoms with van der Waals surface area (Å²) in [5.74, 6) is -2.19. The van der Waals surface area contributed by atoms with Crippen LogP contribution in [0.25, 0.3) is 0 Å². The molecule has 0 aromatic rings. The maximum absolute atomic E-state index is 13.8. The fourth-order valence-corrected chi connectivity index (χ4v) is 7.57. The molecule has 9 atom stereocenters. The van der Waals surface area contributed by atoms with E-state index in [4.69, 9.17) is 9.47 Å². The first-order chi connectivity index (χ1) is 22.5. The summed E-state index contributed by atoms with van der Waals surface area (Å²) in [4.78, 5) is 53.9. The van der Waals surface area contributed by atoms with Gasteiger partial charge in [0, 0.05) is 25.4 Å². The molecule has 0 spiro atoms. The van der Waals surface area contributed by atoms with Crippen LogP contribution in [0, 0.1) is 23.7 Å². The van der Waals surface area contributed by atoms with E-state index in [1.807, 2.05) is 60.6 Å². The van der Waals surface area contributed by atoms with Crippen molar-refractivity contribution in [2.45, 2.75) is 155 Å². The minimum atomic E-state index is -0.984. The molecular weight excluding hydrogens is 612 g/mol. The molecule has 0 aromatic heterocycles. The highest BCUT2D eigenvalue weighted by Gasteiger charge is 2.45. The first-order valence-corrected chi connectivity index (χ1v) is 18.1. The number of Topliss-reactive ketones (excluding diaryl/α,β-unsaturated/α-hetero) is 2. The molecule has 2 amide bonds. The number of carbonyl (C=O) groups excluding carboxylic acids is 4. The Morgan fingerprint density at radius 2 is 1.75 bits per heavy atom. The maximum Gasteiger partial charge on any atom is 0.239 e. The maximum atomic E-state index is 13.8. The van der Waals surface area contributed by atoms with Gasteiger partial charge in [0.2, 0.25) is 11.8 Å². The Morgan fingerprint density at radius 3 is 2.42 bits per heavy atom. The van der Waals surface area contributed by atoms with E-state index >= 15 is 0 Å². The molecule has 3 rings (SSSR count). The number of carbonyl (C=O) groups is 4. The second-order valence-corrected chi connectivity index (χ2v) is 15.5. The second kappa shape index (κ2) is 17.5. The van der Waals surface area contributed by atoms with Gasteiger partial charge in [0.25, 0.3) is 0 Å². The van der Waals surface area contributed by atoms with Crippen LogP contribution in [0.3, 0.4) is 0 Å². The number of aliphatic hydroxyl groups excluding tert-OH is 1. The Hall–Kier alpha value is -2.40. The number of ketones is 2. The SMILES string of the molecule is CO[C@]1(C)C[C@H](C[C@@H]2CC[C@](C)(O)CCC/C=C(\C)C(=O)[C@H]3C=C(CCCC3)C(=O)[C@H](C(C)C)NC(=O)CNC(=O)[C@@H]2C)O[C@@H](C)[C@@H]1O. The number of aliphatic hydroxyl groups is 2. The van der Waals surface area contributed by atoms with Gasteiger partial charge in [0.1, 0.15) is 6.10 Å². The number of nitrogens with one attached hydrogen (secondary N) is 2. The highest BCUT2D eigenvalue weighted by Crippen LogP contribution is 2.37. The van der Waals surface area contributed by atoms with Crippen LogP contribution in [-0.4, -0.2) is 82.8 Å². The van der Waals surface area contributed by atoms with Crippen LogP contribution < -0.4 is 10.6 Å². The molecule has 0 unspecified atom stereocenters. The summed E-state index contributed by atoms with van der Waals surface area (Å²) in [5.41, 5.74) is -0.537. The van der Waals surface area contributed by atoms with Gasteiger partial charge in [-0.25, -0.2) is 0 Å². The fourth-order valence-electron chi connectivity index (χ4n) is 7.57. The predicted molar refractivity (Wildman–Crippen MR) is 185 cm³/mol. The Bertz CT molecular complexity index is 1210. The van der Waals surface area contributed by atoms with E-state index in [1.165, 1.54) is 0 Å². The van der Waals surface area contributed by atoms with Crippen molar-refractivity contribution in [3.05, 3.63) is 23.3 Å². The molecule has 0 saturated carbocycles. The smallest absolute Gasteiger partial charge is 0.239 e. The molecule has 0 aromatic carbocycles. The van der Waals surface area contributed by atoms with Crippen LogP contribution in [0.2, 0.25) is 0 Å². The molecule has 4 N–H and O–H groups in total. The van der Waals surface area contributed by atoms with Crippen LogP contribution >= 0.6 is 0 Å². The van der Waals surface area contributed by atoms with Crippen molar-refractivity contribution >= 4 is 23.4 Å². The molecule has 1 fully saturated rings. The normalized spacial score (nSPS) is 38.5. The van der Waals surface area contributed by atoms with Crippen molar-refractivity contribution in [3.63, 3.8) is 0 Å². The van der Waals surface area contributed by atoms with Crippen molar-refractivity contribution in [2.24, 2.45) is 23.7 Å². The van der Waals surface area contributed by atoms with Gasteiger partial charge in [-0.2, -0.15) is 0 Å². The average molecular weight is 675 g/mol. The van der Waals surface area contributed by atoms with E-state index in [1.54, 1.807) is 7.11 Å². The van der Waals surface area contributed by atoms with Crippen LogP contribution in [0.1, 0.15) is 119 Å². The lowest BCUT2D eigenvalue weighted by molar-refractivity contribution is -0.218. The minimum Gasteiger partial charge on any atom is -0.390 e. The Morgan fingerprint density at radius 1 is 1.04 bits per heavy atom. The van der Waals surface area contributed by atoms with Crippen LogP contribution in [0.5, 0.6) is 0 Å². The number of amides is 2. The van der Waals surface area contributed by atoms with E-state index in [0.717, 1.165) is 12.8 Å². The summed E-state index contributed by atoms with van der Waals surface area (Å²) in [6, 6.07) is -0.774. The van der Waals surface area contributed by atoms with Gasteiger partial charge in [0.05, 0.1) is 36.0 Å². The van der Waals surface area contributed by atoms with Gasteiger partial charge in [-0.05, 0) is 108 Å². The van der Waals surface area contributed by atoms with Gasteiger partial charge in [-0.1, -0.05) is 39.3 Å². The average Bonchev–Trinajstić information content (AvgIpc) is 3.30. The zero-order chi connectivity index (χ0) is 35.8. The van der Waals surface area contributed by atoms with E-state index in [2.05, 4.69) is 10.6 Å². The molecule has 10 heteroatoms. The second-order valence-electron chi connectivity index (χ2n) is 15.5. The lowest BCUT2D eigenvalue weighted by Crippen LogP contribution is -2.56. The summed E-state index contributed by atoms with van der Waals surface area (Å²) in [5, 5.41) is 27.7. The molecular formula is C38H62N2O8. The zero-order valence-electron chi connectivity index (χ0n) is 30.6. The van der Waals surface area contributed by atoms with Crippen LogP contribution in [0.4, 0.5) is 0 Å². The summed E-state index contributed by atoms with van der Waals surface area (Å²) < 4.78 is 11.9. The van der Waals surface area contributed by atoms with E-state index in [9.17, 15) is 29.4 Å². The highest BCUT2D eigenvalue weighted by atomic mass is 16.5. The highest BCUT2D eigenvalue weighted by molar-refractivity contribution is 6.04. The number of allylic oxidation sites excluding steroid dienone is 3. The predicted octanol–water partition coefficient (Wildman–Crippen LogP) is 4.75. The molecule has 272 valence electrons. The molecule has 1 saturated heterocycles. The number of hydrogen-bond donors (Lipinski definition) is 4. The monoisotopic (exact) mass is 674 g/mol. The number of rotatable bonds is 4. The molecule has 10 nitrogen and oxygen atoms in total. The number of methoxy groups -OCH3 is 1. The summed E-state index contributed by atoms with van der Waals surface area (Å²) >= 11 is 0. The van der Waals surface area contributed by atoms with Crippen molar-refractivity contribution in [3.8, 4) is 0 Å². The summed E-state index contributed by atoms with van der Waals surface area (Å²) in [7, 11) is 1.58. The van der Waals surface area contributed by atoms with Crippen LogP contribution in [0.15, 0.2) is 23.3 Å². The van der Waals surface area contributed by atoms with E-state index in [-0.39, 0.29) is 47.9 Å². The molecule has 2 aliphatic heterocycles. The van der Waals surface area contributed by atoms with Crippen molar-refractivity contribution in [1.29, 1.82) is 0 Å². The first-order valence-electron chi connectivity index (χ1n) is 18.1. The minimum absolute atomic E-state index is 0.0147. The van der Waals surface area contributed by atoms with E-state index in [0.29, 0.717) is 68.9 Å². The third-order valence-corrected chi connectivity index (χ3v) is 11.0. The zero-order valence-corrected chi connectivity index (χ0v) is 30.6. The third kappa shape index (κ3) is 10.8.